The molecule has 2 rings (SSSR count). The molecule has 0 saturated heterocycles. The standard InChI is InChI=1S/C21H30N4O3/c1-15(2)25-13-18(23-14-25)12-19(24-21(27)28-16(3)4)20(26)22-11-10-17-8-6-5-7-9-17/h5-9,13-16,19H,10-12H2,1-4H3,(H,22,26)(H,24,27). The Labute approximate surface area is 166 Å². The van der Waals surface area contributed by atoms with Crippen LogP contribution in [0.4, 0.5) is 4.79 Å². The monoisotopic (exact) mass is 386 g/mol. The third kappa shape index (κ3) is 7.06. The normalized spacial score (nSPS) is 12.1. The van der Waals surface area contributed by atoms with E-state index in [1.54, 1.807) is 20.2 Å². The predicted octanol–water partition coefficient (Wildman–Crippen LogP) is 2.87. The van der Waals surface area contributed by atoms with Gasteiger partial charge in [-0.3, -0.25) is 4.79 Å². The number of amides is 2. The number of alkyl carbamates (subject to hydrolysis) is 1. The van der Waals surface area contributed by atoms with Crippen LogP contribution in [0.2, 0.25) is 0 Å². The molecular weight excluding hydrogens is 356 g/mol. The van der Waals surface area contributed by atoms with Crippen molar-refractivity contribution in [2.75, 3.05) is 6.54 Å². The lowest BCUT2D eigenvalue weighted by molar-refractivity contribution is -0.123. The number of aromatic nitrogens is 2. The fourth-order valence-corrected chi connectivity index (χ4v) is 2.67. The minimum absolute atomic E-state index is 0.254. The van der Waals surface area contributed by atoms with Gasteiger partial charge in [-0.15, -0.1) is 0 Å². The fourth-order valence-electron chi connectivity index (χ4n) is 2.67. The second-order valence-electron chi connectivity index (χ2n) is 7.29. The smallest absolute Gasteiger partial charge is 0.408 e. The summed E-state index contributed by atoms with van der Waals surface area (Å²) in [6.07, 6.45) is 3.77. The summed E-state index contributed by atoms with van der Waals surface area (Å²) in [5, 5.41) is 5.56. The molecule has 1 aromatic carbocycles. The summed E-state index contributed by atoms with van der Waals surface area (Å²) in [4.78, 5) is 29.1. The molecule has 0 saturated carbocycles. The maximum absolute atomic E-state index is 12.7. The van der Waals surface area contributed by atoms with Crippen LogP contribution in [-0.2, 0) is 22.4 Å². The fraction of sp³-hybridized carbons (Fsp3) is 0.476. The van der Waals surface area contributed by atoms with Gasteiger partial charge in [0.2, 0.25) is 5.91 Å². The molecule has 0 fully saturated rings. The average Bonchev–Trinajstić information content (AvgIpc) is 3.10. The molecule has 0 bridgehead atoms. The second-order valence-corrected chi connectivity index (χ2v) is 7.29. The van der Waals surface area contributed by atoms with E-state index in [2.05, 4.69) is 29.5 Å². The van der Waals surface area contributed by atoms with Crippen molar-refractivity contribution in [3.8, 4) is 0 Å². The maximum Gasteiger partial charge on any atom is 0.408 e. The van der Waals surface area contributed by atoms with E-state index in [1.165, 1.54) is 0 Å². The number of ether oxygens (including phenoxy) is 1. The highest BCUT2D eigenvalue weighted by molar-refractivity contribution is 5.85. The molecule has 0 aliphatic rings. The van der Waals surface area contributed by atoms with Crippen LogP contribution < -0.4 is 10.6 Å². The van der Waals surface area contributed by atoms with Gasteiger partial charge in [0, 0.05) is 25.2 Å². The van der Waals surface area contributed by atoms with Crippen molar-refractivity contribution in [2.24, 2.45) is 0 Å². The van der Waals surface area contributed by atoms with Crippen molar-refractivity contribution < 1.29 is 14.3 Å². The zero-order valence-electron chi connectivity index (χ0n) is 17.0. The van der Waals surface area contributed by atoms with Crippen LogP contribution in [0.5, 0.6) is 0 Å². The molecule has 2 N–H and O–H groups in total. The van der Waals surface area contributed by atoms with Gasteiger partial charge in [-0.05, 0) is 39.7 Å². The topological polar surface area (TPSA) is 85.2 Å². The lowest BCUT2D eigenvalue weighted by Crippen LogP contribution is -2.49. The van der Waals surface area contributed by atoms with Crippen molar-refractivity contribution in [3.05, 3.63) is 54.1 Å². The van der Waals surface area contributed by atoms with Gasteiger partial charge in [0.05, 0.1) is 18.1 Å². The third-order valence-electron chi connectivity index (χ3n) is 4.17. The molecule has 0 spiro atoms. The van der Waals surface area contributed by atoms with Crippen LogP contribution in [0.25, 0.3) is 0 Å². The van der Waals surface area contributed by atoms with Crippen LogP contribution in [0.15, 0.2) is 42.9 Å². The first-order valence-electron chi connectivity index (χ1n) is 9.66. The SMILES string of the molecule is CC(C)OC(=O)NC(Cc1cn(C(C)C)cn1)C(=O)NCCc1ccccc1. The molecule has 7 heteroatoms. The minimum atomic E-state index is -0.752. The number of hydrogen-bond donors (Lipinski definition) is 2. The van der Waals surface area contributed by atoms with E-state index in [1.807, 2.05) is 41.1 Å². The van der Waals surface area contributed by atoms with Crippen LogP contribution in [0.3, 0.4) is 0 Å². The highest BCUT2D eigenvalue weighted by Crippen LogP contribution is 2.08. The Balaban J connectivity index is 1.98. The van der Waals surface area contributed by atoms with Crippen LogP contribution in [0, 0.1) is 0 Å². The highest BCUT2D eigenvalue weighted by Gasteiger charge is 2.23. The summed E-state index contributed by atoms with van der Waals surface area (Å²) in [7, 11) is 0. The molecular formula is C21H30N4O3. The molecule has 1 unspecified atom stereocenters. The minimum Gasteiger partial charge on any atom is -0.447 e. The summed E-state index contributed by atoms with van der Waals surface area (Å²) in [6.45, 7) is 8.12. The van der Waals surface area contributed by atoms with Gasteiger partial charge in [-0.1, -0.05) is 30.3 Å². The van der Waals surface area contributed by atoms with Crippen LogP contribution in [-0.4, -0.2) is 40.2 Å². The first-order valence-corrected chi connectivity index (χ1v) is 9.66. The molecule has 28 heavy (non-hydrogen) atoms. The number of imidazole rings is 1. The zero-order valence-corrected chi connectivity index (χ0v) is 17.0. The number of nitrogens with zero attached hydrogens (tertiary/aromatic N) is 2. The van der Waals surface area contributed by atoms with E-state index in [4.69, 9.17) is 4.74 Å². The van der Waals surface area contributed by atoms with Gasteiger partial charge in [-0.2, -0.15) is 0 Å². The molecule has 1 heterocycles. The number of hydrogen-bond acceptors (Lipinski definition) is 4. The molecule has 0 radical (unpaired) electrons. The molecule has 1 aromatic heterocycles. The summed E-state index contributed by atoms with van der Waals surface area (Å²) < 4.78 is 7.09. The first kappa shape index (κ1) is 21.5. The van der Waals surface area contributed by atoms with E-state index in [9.17, 15) is 9.59 Å². The molecule has 0 aliphatic heterocycles. The largest absolute Gasteiger partial charge is 0.447 e. The van der Waals surface area contributed by atoms with Gasteiger partial charge in [0.25, 0.3) is 0 Å². The molecule has 2 aromatic rings. The lowest BCUT2D eigenvalue weighted by Gasteiger charge is -2.18. The maximum atomic E-state index is 12.7. The third-order valence-corrected chi connectivity index (χ3v) is 4.17. The molecule has 0 aliphatic carbocycles. The Morgan fingerprint density at radius 1 is 1.14 bits per heavy atom. The quantitative estimate of drug-likeness (QED) is 0.694. The average molecular weight is 386 g/mol. The van der Waals surface area contributed by atoms with Crippen molar-refractivity contribution in [3.63, 3.8) is 0 Å². The van der Waals surface area contributed by atoms with Crippen molar-refractivity contribution in [2.45, 2.75) is 58.7 Å². The molecule has 152 valence electrons. The molecule has 2 amide bonds. The Morgan fingerprint density at radius 2 is 1.86 bits per heavy atom. The molecule has 7 nitrogen and oxygen atoms in total. The summed E-state index contributed by atoms with van der Waals surface area (Å²) in [6, 6.07) is 9.44. The lowest BCUT2D eigenvalue weighted by atomic mass is 10.1. The number of carbonyl (C=O) groups is 2. The Bertz CT molecular complexity index is 756. The summed E-state index contributed by atoms with van der Waals surface area (Å²) in [5.74, 6) is -0.254. The van der Waals surface area contributed by atoms with Gasteiger partial charge in [-0.25, -0.2) is 9.78 Å². The summed E-state index contributed by atoms with van der Waals surface area (Å²) >= 11 is 0. The predicted molar refractivity (Wildman–Crippen MR) is 108 cm³/mol. The van der Waals surface area contributed by atoms with Gasteiger partial charge in [0.1, 0.15) is 6.04 Å². The molecule has 1 atom stereocenters. The van der Waals surface area contributed by atoms with E-state index in [0.717, 1.165) is 17.7 Å². The first-order chi connectivity index (χ1) is 13.3. The van der Waals surface area contributed by atoms with Gasteiger partial charge in [0.15, 0.2) is 0 Å². The second kappa shape index (κ2) is 10.5. The van der Waals surface area contributed by atoms with Crippen molar-refractivity contribution >= 4 is 12.0 Å². The van der Waals surface area contributed by atoms with E-state index >= 15 is 0 Å². The zero-order chi connectivity index (χ0) is 20.5. The summed E-state index contributed by atoms with van der Waals surface area (Å²) in [5.41, 5.74) is 1.88. The van der Waals surface area contributed by atoms with E-state index < -0.39 is 12.1 Å². The Hall–Kier alpha value is -2.83. The highest BCUT2D eigenvalue weighted by atomic mass is 16.6. The number of rotatable bonds is 9. The van der Waals surface area contributed by atoms with Crippen LogP contribution >= 0.6 is 0 Å². The van der Waals surface area contributed by atoms with Crippen molar-refractivity contribution in [1.82, 2.24) is 20.2 Å². The Kier molecular flexibility index (Phi) is 8.04. The van der Waals surface area contributed by atoms with Crippen molar-refractivity contribution in [1.29, 1.82) is 0 Å². The van der Waals surface area contributed by atoms with E-state index in [0.29, 0.717) is 13.0 Å². The Morgan fingerprint density at radius 3 is 2.46 bits per heavy atom. The number of benzene rings is 1. The van der Waals surface area contributed by atoms with Gasteiger partial charge < -0.3 is 19.9 Å². The van der Waals surface area contributed by atoms with E-state index in [-0.39, 0.29) is 18.1 Å². The number of nitrogens with one attached hydrogen (secondary N) is 2. The number of carbonyl (C=O) groups excluding carboxylic acids is 2. The van der Waals surface area contributed by atoms with Crippen LogP contribution in [0.1, 0.15) is 45.0 Å². The van der Waals surface area contributed by atoms with Gasteiger partial charge >= 0.3 is 6.09 Å².